The molecule has 0 aliphatic rings. The number of carboxylic acids is 1. The lowest BCUT2D eigenvalue weighted by atomic mass is 9.96. The molecule has 0 aromatic carbocycles. The van der Waals surface area contributed by atoms with Crippen molar-refractivity contribution in [2.24, 2.45) is 0 Å². The van der Waals surface area contributed by atoms with Crippen LogP contribution >= 0.6 is 0 Å². The summed E-state index contributed by atoms with van der Waals surface area (Å²) >= 11 is 0. The average Bonchev–Trinajstić information content (AvgIpc) is 1.86. The number of hydrogen-bond donors (Lipinski definition) is 3. The monoisotopic (exact) mass is 148 g/mol. The molecule has 60 valence electrons. The van der Waals surface area contributed by atoms with Gasteiger partial charge in [-0.05, 0) is 13.3 Å². The van der Waals surface area contributed by atoms with E-state index in [0.717, 1.165) is 0 Å². The third-order valence-electron chi connectivity index (χ3n) is 1.54. The smallest absolute Gasteiger partial charge is 0.335 e. The van der Waals surface area contributed by atoms with Gasteiger partial charge in [-0.25, -0.2) is 4.79 Å². The molecule has 0 fully saturated rings. The van der Waals surface area contributed by atoms with Crippen molar-refractivity contribution in [3.05, 3.63) is 0 Å². The Bertz CT molecular complexity index is 130. The van der Waals surface area contributed by atoms with Crippen LogP contribution in [-0.2, 0) is 4.79 Å². The molecule has 0 aromatic heterocycles. The minimum Gasteiger partial charge on any atom is -0.479 e. The van der Waals surface area contributed by atoms with Gasteiger partial charge in [0.1, 0.15) is 0 Å². The van der Waals surface area contributed by atoms with Crippen molar-refractivity contribution >= 4 is 5.97 Å². The summed E-state index contributed by atoms with van der Waals surface area (Å²) < 4.78 is 0. The Kier molecular flexibility index (Phi) is 2.80. The van der Waals surface area contributed by atoms with Crippen LogP contribution in [0.1, 0.15) is 20.3 Å². The predicted octanol–water partition coefficient (Wildman–Crippen LogP) is -0.407. The number of aliphatic hydroxyl groups is 2. The number of carboxylic acid groups (broad SMARTS) is 1. The van der Waals surface area contributed by atoms with Crippen molar-refractivity contribution in [2.75, 3.05) is 0 Å². The van der Waals surface area contributed by atoms with E-state index in [2.05, 4.69) is 0 Å². The van der Waals surface area contributed by atoms with Crippen LogP contribution in [-0.4, -0.2) is 33.0 Å². The normalized spacial score (nSPS) is 19.6. The SMILES string of the molecule is CC[C@@](C)(O)[C@@H](O)C(=O)O. The summed E-state index contributed by atoms with van der Waals surface area (Å²) in [7, 11) is 0. The molecule has 4 heteroatoms. The van der Waals surface area contributed by atoms with Crippen molar-refractivity contribution in [3.8, 4) is 0 Å². The first kappa shape index (κ1) is 9.39. The fraction of sp³-hybridized carbons (Fsp3) is 0.833. The van der Waals surface area contributed by atoms with E-state index in [4.69, 9.17) is 15.3 Å². The van der Waals surface area contributed by atoms with Gasteiger partial charge >= 0.3 is 5.97 Å². The summed E-state index contributed by atoms with van der Waals surface area (Å²) in [4.78, 5) is 10.1. The van der Waals surface area contributed by atoms with E-state index in [0.29, 0.717) is 0 Å². The molecule has 0 aromatic rings. The molecule has 0 radical (unpaired) electrons. The standard InChI is InChI=1S/C6H12O4/c1-3-6(2,10)4(7)5(8)9/h4,7,10H,3H2,1-2H3,(H,8,9)/t4-,6+/m0/s1. The van der Waals surface area contributed by atoms with Gasteiger partial charge in [-0.2, -0.15) is 0 Å². The van der Waals surface area contributed by atoms with Crippen molar-refractivity contribution < 1.29 is 20.1 Å². The highest BCUT2D eigenvalue weighted by atomic mass is 16.4. The lowest BCUT2D eigenvalue weighted by Crippen LogP contribution is -2.43. The first-order valence-corrected chi connectivity index (χ1v) is 3.05. The number of rotatable bonds is 3. The predicted molar refractivity (Wildman–Crippen MR) is 34.6 cm³/mol. The molecule has 0 aliphatic carbocycles. The zero-order valence-corrected chi connectivity index (χ0v) is 6.03. The van der Waals surface area contributed by atoms with E-state index in [1.165, 1.54) is 6.92 Å². The number of hydrogen-bond acceptors (Lipinski definition) is 3. The van der Waals surface area contributed by atoms with Crippen LogP contribution in [0.3, 0.4) is 0 Å². The van der Waals surface area contributed by atoms with Gasteiger partial charge in [-0.15, -0.1) is 0 Å². The Hall–Kier alpha value is -0.610. The van der Waals surface area contributed by atoms with Gasteiger partial charge in [0.2, 0.25) is 0 Å². The summed E-state index contributed by atoms with van der Waals surface area (Å²) in [6.07, 6.45) is -1.49. The summed E-state index contributed by atoms with van der Waals surface area (Å²) in [6.45, 7) is 2.89. The van der Waals surface area contributed by atoms with Crippen molar-refractivity contribution in [1.82, 2.24) is 0 Å². The Morgan fingerprint density at radius 1 is 1.70 bits per heavy atom. The van der Waals surface area contributed by atoms with E-state index in [1.54, 1.807) is 6.92 Å². The highest BCUT2D eigenvalue weighted by molar-refractivity contribution is 5.73. The number of carbonyl (C=O) groups is 1. The molecular weight excluding hydrogens is 136 g/mol. The Morgan fingerprint density at radius 3 is 2.20 bits per heavy atom. The van der Waals surface area contributed by atoms with E-state index in [-0.39, 0.29) is 6.42 Å². The van der Waals surface area contributed by atoms with Gasteiger partial charge in [-0.1, -0.05) is 6.92 Å². The first-order chi connectivity index (χ1) is 4.41. The molecule has 0 aliphatic heterocycles. The highest BCUT2D eigenvalue weighted by Crippen LogP contribution is 2.13. The molecule has 0 amide bonds. The molecule has 0 spiro atoms. The fourth-order valence-corrected chi connectivity index (χ4v) is 0.459. The summed E-state index contributed by atoms with van der Waals surface area (Å²) in [5.41, 5.74) is -1.52. The van der Waals surface area contributed by atoms with Gasteiger partial charge in [0.25, 0.3) is 0 Å². The molecule has 0 heterocycles. The van der Waals surface area contributed by atoms with Gasteiger partial charge < -0.3 is 15.3 Å². The van der Waals surface area contributed by atoms with Crippen LogP contribution in [0.2, 0.25) is 0 Å². The van der Waals surface area contributed by atoms with Crippen molar-refractivity contribution in [1.29, 1.82) is 0 Å². The quantitative estimate of drug-likeness (QED) is 0.508. The Morgan fingerprint density at radius 2 is 2.10 bits per heavy atom. The van der Waals surface area contributed by atoms with E-state index >= 15 is 0 Å². The zero-order chi connectivity index (χ0) is 8.36. The average molecular weight is 148 g/mol. The van der Waals surface area contributed by atoms with Crippen LogP contribution < -0.4 is 0 Å². The maximum Gasteiger partial charge on any atom is 0.335 e. The fourth-order valence-electron chi connectivity index (χ4n) is 0.459. The largest absolute Gasteiger partial charge is 0.479 e. The molecule has 2 atom stereocenters. The van der Waals surface area contributed by atoms with Gasteiger partial charge in [-0.3, -0.25) is 0 Å². The minimum absolute atomic E-state index is 0.209. The van der Waals surface area contributed by atoms with Gasteiger partial charge in [0.15, 0.2) is 6.10 Å². The molecule has 0 saturated carbocycles. The second kappa shape index (κ2) is 2.98. The molecule has 0 unspecified atom stereocenters. The topological polar surface area (TPSA) is 77.8 Å². The second-order valence-electron chi connectivity index (χ2n) is 2.45. The lowest BCUT2D eigenvalue weighted by Gasteiger charge is -2.23. The lowest BCUT2D eigenvalue weighted by molar-refractivity contribution is -0.161. The van der Waals surface area contributed by atoms with E-state index < -0.39 is 17.7 Å². The number of aliphatic carboxylic acids is 1. The van der Waals surface area contributed by atoms with Crippen molar-refractivity contribution in [2.45, 2.75) is 32.0 Å². The molecule has 0 rings (SSSR count). The molecule has 10 heavy (non-hydrogen) atoms. The minimum atomic E-state index is -1.70. The summed E-state index contributed by atoms with van der Waals surface area (Å²) in [6, 6.07) is 0. The highest BCUT2D eigenvalue weighted by Gasteiger charge is 2.33. The van der Waals surface area contributed by atoms with Crippen LogP contribution in [0, 0.1) is 0 Å². The maximum atomic E-state index is 10.1. The first-order valence-electron chi connectivity index (χ1n) is 3.05. The van der Waals surface area contributed by atoms with Crippen LogP contribution in [0.4, 0.5) is 0 Å². The molecular formula is C6H12O4. The third kappa shape index (κ3) is 1.97. The van der Waals surface area contributed by atoms with Crippen LogP contribution in [0.5, 0.6) is 0 Å². The third-order valence-corrected chi connectivity index (χ3v) is 1.54. The van der Waals surface area contributed by atoms with E-state index in [9.17, 15) is 4.79 Å². The maximum absolute atomic E-state index is 10.1. The second-order valence-corrected chi connectivity index (χ2v) is 2.45. The Labute approximate surface area is 59.1 Å². The van der Waals surface area contributed by atoms with Gasteiger partial charge in [0, 0.05) is 0 Å². The van der Waals surface area contributed by atoms with E-state index in [1.807, 2.05) is 0 Å². The molecule has 0 saturated heterocycles. The Balaban J connectivity index is 4.17. The summed E-state index contributed by atoms with van der Waals surface area (Å²) in [5.74, 6) is -1.40. The zero-order valence-electron chi connectivity index (χ0n) is 6.03. The number of aliphatic hydroxyl groups excluding tert-OH is 1. The van der Waals surface area contributed by atoms with Crippen LogP contribution in [0.15, 0.2) is 0 Å². The summed E-state index contributed by atoms with van der Waals surface area (Å²) in [5, 5.41) is 26.2. The molecule has 3 N–H and O–H groups in total. The molecule has 0 bridgehead atoms. The van der Waals surface area contributed by atoms with Gasteiger partial charge in [0.05, 0.1) is 5.60 Å². The van der Waals surface area contributed by atoms with Crippen LogP contribution in [0.25, 0.3) is 0 Å². The van der Waals surface area contributed by atoms with Crippen molar-refractivity contribution in [3.63, 3.8) is 0 Å². The molecule has 4 nitrogen and oxygen atoms in total.